The summed E-state index contributed by atoms with van der Waals surface area (Å²) in [5, 5.41) is -0.0862. The Hall–Kier alpha value is 0.194. The summed E-state index contributed by atoms with van der Waals surface area (Å²) >= 11 is 0. The van der Waals surface area contributed by atoms with Crippen LogP contribution in [0.25, 0.3) is 0 Å². The molecule has 1 fully saturated rings. The van der Waals surface area contributed by atoms with Gasteiger partial charge in [0, 0.05) is 53.2 Å². The minimum atomic E-state index is -2.67. The molecule has 0 saturated heterocycles. The SMILES string of the molecule is CO[Si](OC)(OC)C1CCC(C)([Si](OC)(OC)OC)CC1. The Bertz CT molecular complexity index is 295. The van der Waals surface area contributed by atoms with Gasteiger partial charge in [-0.3, -0.25) is 0 Å². The molecule has 0 aromatic carbocycles. The highest BCUT2D eigenvalue weighted by Crippen LogP contribution is 2.55. The van der Waals surface area contributed by atoms with Crippen molar-refractivity contribution in [3.05, 3.63) is 0 Å². The molecular weight excluding hydrogens is 308 g/mol. The third-order valence-corrected chi connectivity index (χ3v) is 11.9. The van der Waals surface area contributed by atoms with Gasteiger partial charge >= 0.3 is 17.6 Å². The maximum Gasteiger partial charge on any atom is 0.506 e. The fourth-order valence-corrected chi connectivity index (χ4v) is 9.03. The largest absolute Gasteiger partial charge is 0.506 e. The molecule has 1 rings (SSSR count). The van der Waals surface area contributed by atoms with E-state index in [0.717, 1.165) is 25.7 Å². The predicted octanol–water partition coefficient (Wildman–Crippen LogP) is 2.45. The second-order valence-corrected chi connectivity index (χ2v) is 12.5. The zero-order chi connectivity index (χ0) is 16.1. The Balaban J connectivity index is 2.87. The van der Waals surface area contributed by atoms with Crippen LogP contribution in [0.5, 0.6) is 0 Å². The zero-order valence-corrected chi connectivity index (χ0v) is 16.4. The van der Waals surface area contributed by atoms with Crippen molar-refractivity contribution in [1.82, 2.24) is 0 Å². The molecule has 0 unspecified atom stereocenters. The number of rotatable bonds is 8. The summed E-state index contributed by atoms with van der Waals surface area (Å²) in [6.45, 7) is 2.20. The van der Waals surface area contributed by atoms with Gasteiger partial charge in [0.25, 0.3) is 0 Å². The Morgan fingerprint density at radius 2 is 1.10 bits per heavy atom. The second kappa shape index (κ2) is 7.65. The Morgan fingerprint density at radius 3 is 1.38 bits per heavy atom. The van der Waals surface area contributed by atoms with Gasteiger partial charge in [0.05, 0.1) is 0 Å². The molecular formula is C13H30O6Si2. The summed E-state index contributed by atoms with van der Waals surface area (Å²) in [6.07, 6.45) is 3.82. The molecule has 126 valence electrons. The molecule has 0 heterocycles. The third-order valence-electron chi connectivity index (χ3n) is 4.99. The molecule has 0 aromatic rings. The minimum absolute atomic E-state index is 0.0862. The van der Waals surface area contributed by atoms with Crippen molar-refractivity contribution in [3.63, 3.8) is 0 Å². The molecule has 0 radical (unpaired) electrons. The Labute approximate surface area is 130 Å². The molecule has 0 N–H and O–H groups in total. The standard InChI is InChI=1S/C13H30O6Si2/c1-13(21(17-5,18-6)19-7)10-8-12(9-11-13)20(14-2,15-3)16-4/h12H,8-11H2,1-7H3. The predicted molar refractivity (Wildman–Crippen MR) is 84.1 cm³/mol. The van der Waals surface area contributed by atoms with Gasteiger partial charge in [0.1, 0.15) is 0 Å². The van der Waals surface area contributed by atoms with E-state index >= 15 is 0 Å². The number of hydrogen-bond acceptors (Lipinski definition) is 6. The van der Waals surface area contributed by atoms with Crippen molar-refractivity contribution in [2.75, 3.05) is 42.7 Å². The molecule has 0 amide bonds. The highest BCUT2D eigenvalue weighted by atomic mass is 28.4. The first-order chi connectivity index (χ1) is 9.93. The lowest BCUT2D eigenvalue weighted by Crippen LogP contribution is -2.56. The van der Waals surface area contributed by atoms with Crippen LogP contribution >= 0.6 is 0 Å². The summed E-state index contributed by atoms with van der Waals surface area (Å²) in [4.78, 5) is 0. The van der Waals surface area contributed by atoms with Crippen LogP contribution < -0.4 is 0 Å². The average molecular weight is 339 g/mol. The molecule has 0 spiro atoms. The topological polar surface area (TPSA) is 55.4 Å². The van der Waals surface area contributed by atoms with Gasteiger partial charge < -0.3 is 26.6 Å². The number of hydrogen-bond donors (Lipinski definition) is 0. The fourth-order valence-electron chi connectivity index (χ4n) is 3.65. The quantitative estimate of drug-likeness (QED) is 0.634. The van der Waals surface area contributed by atoms with Gasteiger partial charge in [-0.2, -0.15) is 0 Å². The zero-order valence-electron chi connectivity index (χ0n) is 14.4. The van der Waals surface area contributed by atoms with Crippen molar-refractivity contribution in [1.29, 1.82) is 0 Å². The monoisotopic (exact) mass is 338 g/mol. The van der Waals surface area contributed by atoms with E-state index in [9.17, 15) is 0 Å². The molecule has 0 aromatic heterocycles. The van der Waals surface area contributed by atoms with Crippen LogP contribution in [0.4, 0.5) is 0 Å². The van der Waals surface area contributed by atoms with E-state index in [4.69, 9.17) is 26.6 Å². The molecule has 1 aliphatic rings. The van der Waals surface area contributed by atoms with E-state index in [0.29, 0.717) is 5.54 Å². The average Bonchev–Trinajstić information content (AvgIpc) is 2.53. The van der Waals surface area contributed by atoms with E-state index in [1.165, 1.54) is 0 Å². The normalized spacial score (nSPS) is 27.9. The first-order valence-corrected chi connectivity index (χ1v) is 10.8. The van der Waals surface area contributed by atoms with Crippen LogP contribution in [-0.4, -0.2) is 60.3 Å². The lowest BCUT2D eigenvalue weighted by atomic mass is 9.89. The molecule has 1 saturated carbocycles. The van der Waals surface area contributed by atoms with Crippen molar-refractivity contribution in [2.24, 2.45) is 0 Å². The van der Waals surface area contributed by atoms with Crippen LogP contribution in [0.3, 0.4) is 0 Å². The van der Waals surface area contributed by atoms with E-state index in [2.05, 4.69) is 6.92 Å². The summed E-state index contributed by atoms with van der Waals surface area (Å²) in [5.41, 5.74) is 0.308. The highest BCUT2D eigenvalue weighted by molar-refractivity contribution is 6.64. The van der Waals surface area contributed by atoms with Crippen LogP contribution in [-0.2, 0) is 26.6 Å². The van der Waals surface area contributed by atoms with E-state index in [1.807, 2.05) is 0 Å². The van der Waals surface area contributed by atoms with Crippen LogP contribution in [0, 0.1) is 0 Å². The molecule has 8 heteroatoms. The lowest BCUT2D eigenvalue weighted by Gasteiger charge is -2.46. The van der Waals surface area contributed by atoms with Crippen molar-refractivity contribution in [2.45, 2.75) is 43.2 Å². The van der Waals surface area contributed by atoms with Crippen LogP contribution in [0.2, 0.25) is 10.6 Å². The maximum atomic E-state index is 5.69. The van der Waals surface area contributed by atoms with E-state index < -0.39 is 17.6 Å². The second-order valence-electron chi connectivity index (χ2n) is 5.72. The first-order valence-electron chi connectivity index (χ1n) is 7.24. The fraction of sp³-hybridized carbons (Fsp3) is 1.00. The lowest BCUT2D eigenvalue weighted by molar-refractivity contribution is 0.0696. The summed E-state index contributed by atoms with van der Waals surface area (Å²) in [6, 6.07) is 0. The summed E-state index contributed by atoms with van der Waals surface area (Å²) in [7, 11) is 4.80. The molecule has 1 aliphatic carbocycles. The summed E-state index contributed by atoms with van der Waals surface area (Å²) in [5.74, 6) is 0. The van der Waals surface area contributed by atoms with Gasteiger partial charge in [-0.1, -0.05) is 6.92 Å². The highest BCUT2D eigenvalue weighted by Gasteiger charge is 2.60. The van der Waals surface area contributed by atoms with Crippen molar-refractivity contribution < 1.29 is 26.6 Å². The van der Waals surface area contributed by atoms with Gasteiger partial charge in [-0.15, -0.1) is 0 Å². The molecule has 6 nitrogen and oxygen atoms in total. The van der Waals surface area contributed by atoms with Gasteiger partial charge in [-0.25, -0.2) is 0 Å². The van der Waals surface area contributed by atoms with Crippen LogP contribution in [0.15, 0.2) is 0 Å². The maximum absolute atomic E-state index is 5.69. The van der Waals surface area contributed by atoms with Gasteiger partial charge in [-0.05, 0) is 25.7 Å². The smallest absolute Gasteiger partial charge is 0.377 e. The van der Waals surface area contributed by atoms with Crippen molar-refractivity contribution in [3.8, 4) is 0 Å². The summed E-state index contributed by atoms with van der Waals surface area (Å²) < 4.78 is 33.9. The van der Waals surface area contributed by atoms with Gasteiger partial charge in [0.2, 0.25) is 0 Å². The molecule has 0 aliphatic heterocycles. The minimum Gasteiger partial charge on any atom is -0.377 e. The van der Waals surface area contributed by atoms with Gasteiger partial charge in [0.15, 0.2) is 0 Å². The van der Waals surface area contributed by atoms with Crippen LogP contribution in [0.1, 0.15) is 32.6 Å². The van der Waals surface area contributed by atoms with Crippen molar-refractivity contribution >= 4 is 17.6 Å². The molecule has 0 atom stereocenters. The Kier molecular flexibility index (Phi) is 7.01. The molecule has 0 bridgehead atoms. The Morgan fingerprint density at radius 1 is 0.714 bits per heavy atom. The molecule has 21 heavy (non-hydrogen) atoms. The first kappa shape index (κ1) is 19.2. The third kappa shape index (κ3) is 3.27. The van der Waals surface area contributed by atoms with E-state index in [1.54, 1.807) is 42.7 Å². The van der Waals surface area contributed by atoms with E-state index in [-0.39, 0.29) is 5.04 Å².